The van der Waals surface area contributed by atoms with E-state index in [4.69, 9.17) is 9.47 Å². The largest absolute Gasteiger partial charge is 0.486 e. The quantitative estimate of drug-likeness (QED) is 0.554. The van der Waals surface area contributed by atoms with Gasteiger partial charge in [0, 0.05) is 0 Å². The first kappa shape index (κ1) is 14.9. The van der Waals surface area contributed by atoms with Crippen LogP contribution in [0.15, 0.2) is 30.9 Å². The second-order valence-corrected chi connectivity index (χ2v) is 5.12. The van der Waals surface area contributed by atoms with E-state index in [0.29, 0.717) is 13.2 Å². The van der Waals surface area contributed by atoms with Crippen LogP contribution in [-0.2, 0) is 6.42 Å². The normalized spacial score (nSPS) is 13.2. The van der Waals surface area contributed by atoms with Crippen molar-refractivity contribution in [3.05, 3.63) is 36.4 Å². The van der Waals surface area contributed by atoms with Crippen molar-refractivity contribution in [2.24, 2.45) is 0 Å². The van der Waals surface area contributed by atoms with Crippen molar-refractivity contribution >= 4 is 0 Å². The summed E-state index contributed by atoms with van der Waals surface area (Å²) in [6.45, 7) is 7.16. The van der Waals surface area contributed by atoms with E-state index in [2.05, 4.69) is 24.0 Å². The molecule has 0 atom stereocenters. The molecule has 1 aromatic carbocycles. The lowest BCUT2D eigenvalue weighted by Gasteiger charge is -2.18. The molecule has 3 nitrogen and oxygen atoms in total. The SMILES string of the molecule is C=CCCCCCNCCc1ccc2c(c1)OCCO2. The van der Waals surface area contributed by atoms with Crippen molar-refractivity contribution in [1.82, 2.24) is 5.32 Å². The van der Waals surface area contributed by atoms with Gasteiger partial charge in [-0.2, -0.15) is 0 Å². The van der Waals surface area contributed by atoms with Crippen LogP contribution in [0.2, 0.25) is 0 Å². The smallest absolute Gasteiger partial charge is 0.161 e. The predicted octanol–water partition coefficient (Wildman–Crippen LogP) is 3.34. The molecule has 0 saturated carbocycles. The lowest BCUT2D eigenvalue weighted by atomic mass is 10.1. The lowest BCUT2D eigenvalue weighted by molar-refractivity contribution is 0.171. The van der Waals surface area contributed by atoms with Crippen LogP contribution in [0.1, 0.15) is 31.2 Å². The molecule has 0 amide bonds. The summed E-state index contributed by atoms with van der Waals surface area (Å²) >= 11 is 0. The molecule has 0 saturated heterocycles. The van der Waals surface area contributed by atoms with Gasteiger partial charge in [-0.15, -0.1) is 6.58 Å². The predicted molar refractivity (Wildman–Crippen MR) is 82.7 cm³/mol. The molecule has 1 aromatic rings. The molecule has 0 spiro atoms. The number of nitrogens with one attached hydrogen (secondary N) is 1. The molecule has 0 fully saturated rings. The van der Waals surface area contributed by atoms with Crippen LogP contribution < -0.4 is 14.8 Å². The first-order valence-corrected chi connectivity index (χ1v) is 7.60. The maximum absolute atomic E-state index is 5.59. The molecule has 1 aliphatic heterocycles. The molecule has 2 rings (SSSR count). The van der Waals surface area contributed by atoms with E-state index >= 15 is 0 Å². The van der Waals surface area contributed by atoms with E-state index in [0.717, 1.165) is 37.4 Å². The number of benzene rings is 1. The lowest BCUT2D eigenvalue weighted by Crippen LogP contribution is -2.19. The molecule has 0 aromatic heterocycles. The molecule has 20 heavy (non-hydrogen) atoms. The first-order valence-electron chi connectivity index (χ1n) is 7.60. The van der Waals surface area contributed by atoms with E-state index in [-0.39, 0.29) is 0 Å². The fraction of sp³-hybridized carbons (Fsp3) is 0.529. The zero-order chi connectivity index (χ0) is 14.0. The molecule has 1 aliphatic rings. The Balaban J connectivity index is 1.61. The van der Waals surface area contributed by atoms with Crippen LogP contribution in [0.5, 0.6) is 11.5 Å². The Morgan fingerprint density at radius 3 is 2.75 bits per heavy atom. The average molecular weight is 275 g/mol. The highest BCUT2D eigenvalue weighted by atomic mass is 16.6. The third kappa shape index (κ3) is 4.89. The average Bonchev–Trinajstić information content (AvgIpc) is 2.50. The summed E-state index contributed by atoms with van der Waals surface area (Å²) in [5.74, 6) is 1.76. The second-order valence-electron chi connectivity index (χ2n) is 5.12. The maximum atomic E-state index is 5.59. The molecule has 0 unspecified atom stereocenters. The summed E-state index contributed by atoms with van der Waals surface area (Å²) in [5, 5.41) is 3.49. The van der Waals surface area contributed by atoms with Gasteiger partial charge in [0.15, 0.2) is 11.5 Å². The summed E-state index contributed by atoms with van der Waals surface area (Å²) in [5.41, 5.74) is 1.30. The van der Waals surface area contributed by atoms with Crippen molar-refractivity contribution in [2.45, 2.75) is 32.1 Å². The van der Waals surface area contributed by atoms with Crippen molar-refractivity contribution in [1.29, 1.82) is 0 Å². The molecule has 1 N–H and O–H groups in total. The van der Waals surface area contributed by atoms with Gasteiger partial charge in [0.05, 0.1) is 0 Å². The highest BCUT2D eigenvalue weighted by molar-refractivity contribution is 5.43. The molecular formula is C17H25NO2. The van der Waals surface area contributed by atoms with Gasteiger partial charge in [-0.05, 0) is 56.5 Å². The first-order chi connectivity index (χ1) is 9.90. The van der Waals surface area contributed by atoms with Crippen LogP contribution in [0, 0.1) is 0 Å². The topological polar surface area (TPSA) is 30.5 Å². The van der Waals surface area contributed by atoms with Crippen LogP contribution in [0.25, 0.3) is 0 Å². The fourth-order valence-corrected chi connectivity index (χ4v) is 2.32. The number of allylic oxidation sites excluding steroid dienone is 1. The third-order valence-corrected chi connectivity index (χ3v) is 3.46. The van der Waals surface area contributed by atoms with Crippen molar-refractivity contribution in [2.75, 3.05) is 26.3 Å². The summed E-state index contributed by atoms with van der Waals surface area (Å²) in [6, 6.07) is 6.23. The molecule has 0 bridgehead atoms. The molecule has 110 valence electrons. The van der Waals surface area contributed by atoms with Gasteiger partial charge in [0.2, 0.25) is 0 Å². The van der Waals surface area contributed by atoms with Gasteiger partial charge in [0.1, 0.15) is 13.2 Å². The van der Waals surface area contributed by atoms with E-state index in [1.165, 1.54) is 24.8 Å². The summed E-state index contributed by atoms with van der Waals surface area (Å²) in [6.07, 6.45) is 7.95. The van der Waals surface area contributed by atoms with Gasteiger partial charge in [-0.25, -0.2) is 0 Å². The fourth-order valence-electron chi connectivity index (χ4n) is 2.32. The Labute approximate surface area is 122 Å². The summed E-state index contributed by atoms with van der Waals surface area (Å²) < 4.78 is 11.1. The highest BCUT2D eigenvalue weighted by Crippen LogP contribution is 2.30. The highest BCUT2D eigenvalue weighted by Gasteiger charge is 2.11. The van der Waals surface area contributed by atoms with Crippen LogP contribution in [-0.4, -0.2) is 26.3 Å². The molecular weight excluding hydrogens is 250 g/mol. The van der Waals surface area contributed by atoms with E-state index < -0.39 is 0 Å². The van der Waals surface area contributed by atoms with Crippen molar-refractivity contribution in [3.8, 4) is 11.5 Å². The number of hydrogen-bond acceptors (Lipinski definition) is 3. The van der Waals surface area contributed by atoms with Gasteiger partial charge < -0.3 is 14.8 Å². The minimum atomic E-state index is 0.652. The number of fused-ring (bicyclic) bond motifs is 1. The number of ether oxygens (including phenoxy) is 2. The Bertz CT molecular complexity index is 417. The third-order valence-electron chi connectivity index (χ3n) is 3.46. The van der Waals surface area contributed by atoms with E-state index in [9.17, 15) is 0 Å². The van der Waals surface area contributed by atoms with Crippen LogP contribution in [0.4, 0.5) is 0 Å². The number of hydrogen-bond donors (Lipinski definition) is 1. The Kier molecular flexibility index (Phi) is 6.45. The standard InChI is InChI=1S/C17H25NO2/c1-2-3-4-5-6-10-18-11-9-15-7-8-16-17(14-15)20-13-12-19-16/h2,7-8,14,18H,1,3-6,9-13H2. The Hall–Kier alpha value is -1.48. The molecule has 3 heteroatoms. The second kappa shape index (κ2) is 8.64. The molecule has 0 radical (unpaired) electrons. The zero-order valence-electron chi connectivity index (χ0n) is 12.2. The van der Waals surface area contributed by atoms with Gasteiger partial charge in [-0.3, -0.25) is 0 Å². The van der Waals surface area contributed by atoms with E-state index in [1.54, 1.807) is 0 Å². The maximum Gasteiger partial charge on any atom is 0.161 e. The van der Waals surface area contributed by atoms with Crippen molar-refractivity contribution in [3.63, 3.8) is 0 Å². The molecule has 0 aliphatic carbocycles. The minimum Gasteiger partial charge on any atom is -0.486 e. The monoisotopic (exact) mass is 275 g/mol. The van der Waals surface area contributed by atoms with Crippen LogP contribution in [0.3, 0.4) is 0 Å². The van der Waals surface area contributed by atoms with Crippen LogP contribution >= 0.6 is 0 Å². The van der Waals surface area contributed by atoms with Gasteiger partial charge in [-0.1, -0.05) is 18.6 Å². The minimum absolute atomic E-state index is 0.652. The molecule has 1 heterocycles. The number of unbranched alkanes of at least 4 members (excludes halogenated alkanes) is 3. The number of rotatable bonds is 9. The summed E-state index contributed by atoms with van der Waals surface area (Å²) in [4.78, 5) is 0. The van der Waals surface area contributed by atoms with Gasteiger partial charge >= 0.3 is 0 Å². The van der Waals surface area contributed by atoms with Gasteiger partial charge in [0.25, 0.3) is 0 Å². The summed E-state index contributed by atoms with van der Waals surface area (Å²) in [7, 11) is 0. The Morgan fingerprint density at radius 2 is 1.90 bits per heavy atom. The Morgan fingerprint density at radius 1 is 1.05 bits per heavy atom. The zero-order valence-corrected chi connectivity index (χ0v) is 12.2. The van der Waals surface area contributed by atoms with Crippen molar-refractivity contribution < 1.29 is 9.47 Å². The van der Waals surface area contributed by atoms with E-state index in [1.807, 2.05) is 12.1 Å².